The predicted octanol–water partition coefficient (Wildman–Crippen LogP) is 1.74. The van der Waals surface area contributed by atoms with Crippen LogP contribution in [0.3, 0.4) is 0 Å². The standard InChI is InChI=1S/C12H17ClN2O/c1-12(2,8-14)15-11(16)7-9-5-3-4-6-10(9)13/h3-6H,7-8,14H2,1-2H3,(H,15,16). The van der Waals surface area contributed by atoms with Crippen molar-refractivity contribution in [3.8, 4) is 0 Å². The highest BCUT2D eigenvalue weighted by Crippen LogP contribution is 2.15. The average Bonchev–Trinajstić information content (AvgIpc) is 2.21. The summed E-state index contributed by atoms with van der Waals surface area (Å²) in [5, 5.41) is 3.47. The van der Waals surface area contributed by atoms with Gasteiger partial charge in [0, 0.05) is 17.1 Å². The minimum atomic E-state index is -0.377. The number of rotatable bonds is 4. The van der Waals surface area contributed by atoms with E-state index in [4.69, 9.17) is 17.3 Å². The normalized spacial score (nSPS) is 11.2. The maximum atomic E-state index is 11.7. The van der Waals surface area contributed by atoms with E-state index in [1.807, 2.05) is 32.0 Å². The zero-order chi connectivity index (χ0) is 12.2. The lowest BCUT2D eigenvalue weighted by Crippen LogP contribution is -2.49. The van der Waals surface area contributed by atoms with E-state index in [1.165, 1.54) is 0 Å². The molecule has 16 heavy (non-hydrogen) atoms. The first-order valence-corrected chi connectivity index (χ1v) is 5.57. The molecule has 0 aromatic heterocycles. The number of halogens is 1. The minimum Gasteiger partial charge on any atom is -0.350 e. The van der Waals surface area contributed by atoms with Gasteiger partial charge in [-0.3, -0.25) is 4.79 Å². The van der Waals surface area contributed by atoms with Gasteiger partial charge in [-0.2, -0.15) is 0 Å². The highest BCUT2D eigenvalue weighted by atomic mass is 35.5. The molecule has 0 saturated carbocycles. The summed E-state index contributed by atoms with van der Waals surface area (Å²) in [4.78, 5) is 11.7. The lowest BCUT2D eigenvalue weighted by molar-refractivity contribution is -0.121. The quantitative estimate of drug-likeness (QED) is 0.842. The van der Waals surface area contributed by atoms with Crippen LogP contribution in [-0.4, -0.2) is 18.0 Å². The monoisotopic (exact) mass is 240 g/mol. The summed E-state index contributed by atoms with van der Waals surface area (Å²) < 4.78 is 0. The fourth-order valence-corrected chi connectivity index (χ4v) is 1.49. The molecule has 0 aliphatic carbocycles. The van der Waals surface area contributed by atoms with Gasteiger partial charge in [0.15, 0.2) is 0 Å². The molecule has 3 N–H and O–H groups in total. The van der Waals surface area contributed by atoms with Crippen molar-refractivity contribution in [1.29, 1.82) is 0 Å². The molecular weight excluding hydrogens is 224 g/mol. The van der Waals surface area contributed by atoms with E-state index in [0.717, 1.165) is 5.56 Å². The van der Waals surface area contributed by atoms with E-state index in [-0.39, 0.29) is 17.9 Å². The van der Waals surface area contributed by atoms with Crippen molar-refractivity contribution in [2.75, 3.05) is 6.54 Å². The molecule has 1 aromatic rings. The van der Waals surface area contributed by atoms with Crippen LogP contribution in [0.1, 0.15) is 19.4 Å². The van der Waals surface area contributed by atoms with Crippen LogP contribution < -0.4 is 11.1 Å². The molecule has 0 heterocycles. The zero-order valence-electron chi connectivity index (χ0n) is 9.59. The Labute approximate surface area is 101 Å². The van der Waals surface area contributed by atoms with Crippen LogP contribution in [0.15, 0.2) is 24.3 Å². The van der Waals surface area contributed by atoms with Crippen LogP contribution in [0.25, 0.3) is 0 Å². The molecular formula is C12H17ClN2O. The summed E-state index contributed by atoms with van der Waals surface area (Å²) in [5.41, 5.74) is 5.99. The molecule has 0 atom stereocenters. The molecule has 0 saturated heterocycles. The van der Waals surface area contributed by atoms with Crippen molar-refractivity contribution in [3.05, 3.63) is 34.9 Å². The first-order valence-electron chi connectivity index (χ1n) is 5.19. The molecule has 0 bridgehead atoms. The second kappa shape index (κ2) is 5.32. The van der Waals surface area contributed by atoms with E-state index in [9.17, 15) is 4.79 Å². The Balaban J connectivity index is 2.62. The number of amides is 1. The summed E-state index contributed by atoms with van der Waals surface area (Å²) in [5.74, 6) is -0.0662. The average molecular weight is 241 g/mol. The molecule has 0 unspecified atom stereocenters. The van der Waals surface area contributed by atoms with E-state index in [0.29, 0.717) is 11.6 Å². The summed E-state index contributed by atoms with van der Waals surface area (Å²) in [6.45, 7) is 4.18. The van der Waals surface area contributed by atoms with Crippen LogP contribution in [0, 0.1) is 0 Å². The van der Waals surface area contributed by atoms with E-state index in [1.54, 1.807) is 6.07 Å². The number of nitrogens with two attached hydrogens (primary N) is 1. The van der Waals surface area contributed by atoms with Gasteiger partial charge in [0.2, 0.25) is 5.91 Å². The van der Waals surface area contributed by atoms with E-state index < -0.39 is 0 Å². The van der Waals surface area contributed by atoms with Crippen LogP contribution in [0.2, 0.25) is 5.02 Å². The molecule has 0 fully saturated rings. The van der Waals surface area contributed by atoms with Gasteiger partial charge in [-0.1, -0.05) is 29.8 Å². The second-order valence-corrected chi connectivity index (χ2v) is 4.81. The molecule has 0 aliphatic rings. The lowest BCUT2D eigenvalue weighted by Gasteiger charge is -2.24. The number of hydrogen-bond donors (Lipinski definition) is 2. The number of hydrogen-bond acceptors (Lipinski definition) is 2. The zero-order valence-corrected chi connectivity index (χ0v) is 10.3. The smallest absolute Gasteiger partial charge is 0.224 e. The van der Waals surface area contributed by atoms with Crippen LogP contribution >= 0.6 is 11.6 Å². The highest BCUT2D eigenvalue weighted by molar-refractivity contribution is 6.31. The van der Waals surface area contributed by atoms with Crippen LogP contribution in [0.4, 0.5) is 0 Å². The van der Waals surface area contributed by atoms with Crippen LogP contribution in [-0.2, 0) is 11.2 Å². The Kier molecular flexibility index (Phi) is 4.33. The fraction of sp³-hybridized carbons (Fsp3) is 0.417. The maximum Gasteiger partial charge on any atom is 0.224 e. The summed E-state index contributed by atoms with van der Waals surface area (Å²) in [7, 11) is 0. The molecule has 0 spiro atoms. The number of carbonyl (C=O) groups excluding carboxylic acids is 1. The molecule has 1 rings (SSSR count). The van der Waals surface area contributed by atoms with Gasteiger partial charge < -0.3 is 11.1 Å². The topological polar surface area (TPSA) is 55.1 Å². The van der Waals surface area contributed by atoms with Gasteiger partial charge in [0.25, 0.3) is 0 Å². The predicted molar refractivity (Wildman–Crippen MR) is 66.4 cm³/mol. The maximum absolute atomic E-state index is 11.7. The summed E-state index contributed by atoms with van der Waals surface area (Å²) >= 11 is 5.97. The van der Waals surface area contributed by atoms with Gasteiger partial charge in [-0.15, -0.1) is 0 Å². The Morgan fingerprint density at radius 3 is 2.62 bits per heavy atom. The third-order valence-electron chi connectivity index (χ3n) is 2.30. The summed E-state index contributed by atoms with van der Waals surface area (Å²) in [6, 6.07) is 7.33. The number of benzene rings is 1. The first kappa shape index (κ1) is 13.0. The first-order chi connectivity index (χ1) is 7.44. The minimum absolute atomic E-state index is 0.0662. The Morgan fingerprint density at radius 2 is 2.06 bits per heavy atom. The van der Waals surface area contributed by atoms with Gasteiger partial charge in [0.1, 0.15) is 0 Å². The molecule has 3 nitrogen and oxygen atoms in total. The molecule has 1 aromatic carbocycles. The summed E-state index contributed by atoms with van der Waals surface area (Å²) in [6.07, 6.45) is 0.281. The van der Waals surface area contributed by atoms with Gasteiger partial charge in [0.05, 0.1) is 6.42 Å². The number of carbonyl (C=O) groups is 1. The van der Waals surface area contributed by atoms with Gasteiger partial charge >= 0.3 is 0 Å². The number of nitrogens with one attached hydrogen (secondary N) is 1. The molecule has 1 amide bonds. The molecule has 4 heteroatoms. The Morgan fingerprint density at radius 1 is 1.44 bits per heavy atom. The van der Waals surface area contributed by atoms with Gasteiger partial charge in [-0.05, 0) is 25.5 Å². The Bertz CT molecular complexity index is 377. The van der Waals surface area contributed by atoms with E-state index >= 15 is 0 Å². The van der Waals surface area contributed by atoms with E-state index in [2.05, 4.69) is 5.32 Å². The van der Waals surface area contributed by atoms with Crippen molar-refractivity contribution >= 4 is 17.5 Å². The molecule has 0 aliphatic heterocycles. The third-order valence-corrected chi connectivity index (χ3v) is 2.67. The largest absolute Gasteiger partial charge is 0.350 e. The van der Waals surface area contributed by atoms with Crippen LogP contribution in [0.5, 0.6) is 0 Å². The van der Waals surface area contributed by atoms with Crippen molar-refractivity contribution < 1.29 is 4.79 Å². The van der Waals surface area contributed by atoms with Crippen molar-refractivity contribution in [2.24, 2.45) is 5.73 Å². The lowest BCUT2D eigenvalue weighted by atomic mass is 10.1. The van der Waals surface area contributed by atoms with Crippen molar-refractivity contribution in [3.63, 3.8) is 0 Å². The fourth-order valence-electron chi connectivity index (χ4n) is 1.29. The second-order valence-electron chi connectivity index (χ2n) is 4.40. The third kappa shape index (κ3) is 3.83. The van der Waals surface area contributed by atoms with Crippen molar-refractivity contribution in [1.82, 2.24) is 5.32 Å². The SMILES string of the molecule is CC(C)(CN)NC(=O)Cc1ccccc1Cl. The molecule has 0 radical (unpaired) electrons. The van der Waals surface area contributed by atoms with Gasteiger partial charge in [-0.25, -0.2) is 0 Å². The van der Waals surface area contributed by atoms with Crippen molar-refractivity contribution in [2.45, 2.75) is 25.8 Å². The highest BCUT2D eigenvalue weighted by Gasteiger charge is 2.18. The molecule has 88 valence electrons. The Hall–Kier alpha value is -1.06.